The number of urea groups is 1. The summed E-state index contributed by atoms with van der Waals surface area (Å²) in [4.78, 5) is 45.6. The number of likely N-dealkylation sites (tertiary alicyclic amines) is 2. The molecule has 46 heavy (non-hydrogen) atoms. The SMILES string of the molecule is O=C(OC(Cc1ccc(Cl)c(Cl)c1)C(=O)N1CCC(c2ccc(F)cc2)CC1)N1CCC(N2CCc3ccccc3NC2=O)CC1. The van der Waals surface area contributed by atoms with Crippen LogP contribution in [0.1, 0.15) is 48.3 Å². The van der Waals surface area contributed by atoms with Crippen molar-refractivity contribution in [1.29, 1.82) is 0 Å². The Hall–Kier alpha value is -3.82. The van der Waals surface area contributed by atoms with Crippen LogP contribution < -0.4 is 5.32 Å². The molecule has 2 saturated heterocycles. The fraction of sp³-hybridized carbons (Fsp3) is 0.400. The van der Waals surface area contributed by atoms with Crippen molar-refractivity contribution in [3.05, 3.63) is 99.3 Å². The second-order valence-corrected chi connectivity index (χ2v) is 13.0. The number of carbonyl (C=O) groups excluding carboxylic acids is 3. The highest BCUT2D eigenvalue weighted by molar-refractivity contribution is 6.42. The van der Waals surface area contributed by atoms with Gasteiger partial charge in [-0.25, -0.2) is 14.0 Å². The van der Waals surface area contributed by atoms with Crippen LogP contribution in [0, 0.1) is 5.82 Å². The Bertz CT molecular complexity index is 1570. The predicted molar refractivity (Wildman–Crippen MR) is 176 cm³/mol. The summed E-state index contributed by atoms with van der Waals surface area (Å²) in [5, 5.41) is 3.79. The lowest BCUT2D eigenvalue weighted by atomic mass is 9.89. The normalized spacial score (nSPS) is 18.4. The van der Waals surface area contributed by atoms with Gasteiger partial charge in [0.05, 0.1) is 10.0 Å². The van der Waals surface area contributed by atoms with E-state index in [4.69, 9.17) is 27.9 Å². The Balaban J connectivity index is 1.08. The van der Waals surface area contributed by atoms with Crippen LogP contribution in [0.25, 0.3) is 0 Å². The van der Waals surface area contributed by atoms with Crippen LogP contribution in [0.2, 0.25) is 10.0 Å². The molecule has 0 aliphatic carbocycles. The Morgan fingerprint density at radius 3 is 2.28 bits per heavy atom. The van der Waals surface area contributed by atoms with Gasteiger partial charge < -0.3 is 24.8 Å². The number of nitrogens with zero attached hydrogens (tertiary/aromatic N) is 3. The second-order valence-electron chi connectivity index (χ2n) is 12.2. The van der Waals surface area contributed by atoms with E-state index >= 15 is 0 Å². The molecule has 1 unspecified atom stereocenters. The molecule has 0 aromatic heterocycles. The molecule has 0 spiro atoms. The molecule has 242 valence electrons. The third-order valence-corrected chi connectivity index (χ3v) is 10.1. The van der Waals surface area contributed by atoms with E-state index in [0.29, 0.717) is 55.6 Å². The van der Waals surface area contributed by atoms with Gasteiger partial charge in [-0.2, -0.15) is 0 Å². The van der Waals surface area contributed by atoms with E-state index in [9.17, 15) is 18.8 Å². The highest BCUT2D eigenvalue weighted by Crippen LogP contribution is 2.30. The van der Waals surface area contributed by atoms with E-state index in [1.54, 1.807) is 40.1 Å². The fourth-order valence-corrected chi connectivity index (χ4v) is 7.05. The van der Waals surface area contributed by atoms with Crippen molar-refractivity contribution >= 4 is 46.9 Å². The maximum absolute atomic E-state index is 13.9. The molecule has 6 rings (SSSR count). The summed E-state index contributed by atoms with van der Waals surface area (Å²) in [5.41, 5.74) is 3.73. The Kier molecular flexibility index (Phi) is 9.99. The summed E-state index contributed by atoms with van der Waals surface area (Å²) < 4.78 is 19.4. The number of halogens is 3. The average Bonchev–Trinajstić information content (AvgIpc) is 3.24. The second kappa shape index (κ2) is 14.3. The minimum Gasteiger partial charge on any atom is -0.436 e. The molecule has 3 aliphatic heterocycles. The molecule has 0 saturated carbocycles. The number of piperidine rings is 2. The highest BCUT2D eigenvalue weighted by Gasteiger charge is 2.35. The molecule has 1 atom stereocenters. The maximum Gasteiger partial charge on any atom is 0.410 e. The van der Waals surface area contributed by atoms with E-state index < -0.39 is 12.2 Å². The number of hydrogen-bond acceptors (Lipinski definition) is 4. The number of para-hydroxylation sites is 1. The van der Waals surface area contributed by atoms with Gasteiger partial charge in [0.1, 0.15) is 5.82 Å². The molecule has 3 aliphatic rings. The molecule has 1 N–H and O–H groups in total. The van der Waals surface area contributed by atoms with Gasteiger partial charge in [0.25, 0.3) is 5.91 Å². The lowest BCUT2D eigenvalue weighted by Crippen LogP contribution is -2.51. The quantitative estimate of drug-likeness (QED) is 0.303. The first kappa shape index (κ1) is 32.1. The van der Waals surface area contributed by atoms with Gasteiger partial charge >= 0.3 is 12.1 Å². The molecule has 11 heteroatoms. The Labute approximate surface area is 278 Å². The van der Waals surface area contributed by atoms with Crippen molar-refractivity contribution in [2.45, 2.75) is 56.6 Å². The molecule has 0 bridgehead atoms. The van der Waals surface area contributed by atoms with Crippen LogP contribution in [0.3, 0.4) is 0 Å². The predicted octanol–water partition coefficient (Wildman–Crippen LogP) is 7.14. The average molecular weight is 668 g/mol. The molecular weight excluding hydrogens is 630 g/mol. The molecule has 3 heterocycles. The Morgan fingerprint density at radius 1 is 0.870 bits per heavy atom. The lowest BCUT2D eigenvalue weighted by Gasteiger charge is -2.38. The standard InChI is InChI=1S/C35H37Cl2FN4O4/c36-29-10-5-23(21-30(29)37)22-32(33(43)40-16-11-25(12-17-40)24-6-8-27(38)9-7-24)46-35(45)41-18-14-28(15-19-41)42-20-13-26-3-1-2-4-31(26)39-34(42)44/h1-10,21,25,28,32H,11-20,22H2,(H,39,44). The minimum absolute atomic E-state index is 0.00518. The van der Waals surface area contributed by atoms with Crippen molar-refractivity contribution in [1.82, 2.24) is 14.7 Å². The molecular formula is C35H37Cl2FN4O4. The van der Waals surface area contributed by atoms with Crippen LogP contribution in [-0.2, 0) is 22.4 Å². The number of amides is 4. The highest BCUT2D eigenvalue weighted by atomic mass is 35.5. The molecule has 3 aromatic carbocycles. The summed E-state index contributed by atoms with van der Waals surface area (Å²) in [6.07, 6.45) is 2.01. The van der Waals surface area contributed by atoms with Crippen molar-refractivity contribution in [2.75, 3.05) is 38.0 Å². The smallest absolute Gasteiger partial charge is 0.410 e. The van der Waals surface area contributed by atoms with Gasteiger partial charge in [0, 0.05) is 50.9 Å². The zero-order valence-electron chi connectivity index (χ0n) is 25.5. The van der Waals surface area contributed by atoms with E-state index in [1.807, 2.05) is 29.2 Å². The van der Waals surface area contributed by atoms with Crippen LogP contribution in [-0.4, -0.2) is 77.6 Å². The molecule has 2 fully saturated rings. The molecule has 4 amide bonds. The number of fused-ring (bicyclic) bond motifs is 1. The number of hydrogen-bond donors (Lipinski definition) is 1. The summed E-state index contributed by atoms with van der Waals surface area (Å²) >= 11 is 12.4. The maximum atomic E-state index is 13.9. The zero-order chi connectivity index (χ0) is 32.2. The first-order valence-corrected chi connectivity index (χ1v) is 16.6. The van der Waals surface area contributed by atoms with Crippen LogP contribution >= 0.6 is 23.2 Å². The van der Waals surface area contributed by atoms with Gasteiger partial charge in [-0.05, 0) is 85.0 Å². The fourth-order valence-electron chi connectivity index (χ4n) is 6.73. The number of benzene rings is 3. The largest absolute Gasteiger partial charge is 0.436 e. The number of ether oxygens (including phenoxy) is 1. The third-order valence-electron chi connectivity index (χ3n) is 9.38. The monoisotopic (exact) mass is 666 g/mol. The van der Waals surface area contributed by atoms with Gasteiger partial charge in [0.2, 0.25) is 0 Å². The lowest BCUT2D eigenvalue weighted by molar-refractivity contribution is -0.142. The summed E-state index contributed by atoms with van der Waals surface area (Å²) in [5.74, 6) is -0.305. The number of carbonyl (C=O) groups is 3. The number of rotatable bonds is 6. The minimum atomic E-state index is -1.04. The van der Waals surface area contributed by atoms with Gasteiger partial charge in [0.15, 0.2) is 6.10 Å². The number of anilines is 1. The van der Waals surface area contributed by atoms with E-state index in [-0.39, 0.29) is 36.1 Å². The zero-order valence-corrected chi connectivity index (χ0v) is 27.0. The van der Waals surface area contributed by atoms with Crippen molar-refractivity contribution < 1.29 is 23.5 Å². The first-order valence-electron chi connectivity index (χ1n) is 15.8. The first-order chi connectivity index (χ1) is 22.2. The van der Waals surface area contributed by atoms with Gasteiger partial charge in [-0.1, -0.05) is 59.6 Å². The van der Waals surface area contributed by atoms with Crippen LogP contribution in [0.5, 0.6) is 0 Å². The molecule has 0 radical (unpaired) electrons. The Morgan fingerprint density at radius 2 is 1.57 bits per heavy atom. The van der Waals surface area contributed by atoms with E-state index in [0.717, 1.165) is 41.6 Å². The van der Waals surface area contributed by atoms with Crippen molar-refractivity contribution in [2.24, 2.45) is 0 Å². The molecule has 3 aromatic rings. The van der Waals surface area contributed by atoms with Gasteiger partial charge in [-0.3, -0.25) is 4.79 Å². The van der Waals surface area contributed by atoms with Crippen LogP contribution in [0.4, 0.5) is 19.7 Å². The third kappa shape index (κ3) is 7.42. The summed E-state index contributed by atoms with van der Waals surface area (Å²) in [6, 6.07) is 19.4. The van der Waals surface area contributed by atoms with Crippen molar-refractivity contribution in [3.63, 3.8) is 0 Å². The van der Waals surface area contributed by atoms with Crippen LogP contribution in [0.15, 0.2) is 66.7 Å². The topological polar surface area (TPSA) is 82.2 Å². The van der Waals surface area contributed by atoms with Crippen molar-refractivity contribution in [3.8, 4) is 0 Å². The number of nitrogens with one attached hydrogen (secondary N) is 1. The summed E-state index contributed by atoms with van der Waals surface area (Å²) in [7, 11) is 0. The van der Waals surface area contributed by atoms with E-state index in [2.05, 4.69) is 5.32 Å². The summed E-state index contributed by atoms with van der Waals surface area (Å²) in [6.45, 7) is 2.44. The molecule has 8 nitrogen and oxygen atoms in total. The van der Waals surface area contributed by atoms with E-state index in [1.165, 1.54) is 12.1 Å². The van der Waals surface area contributed by atoms with Gasteiger partial charge in [-0.15, -0.1) is 0 Å².